The van der Waals surface area contributed by atoms with E-state index >= 15 is 0 Å². The van der Waals surface area contributed by atoms with Crippen LogP contribution in [-0.4, -0.2) is 54.4 Å². The first-order valence-corrected chi connectivity index (χ1v) is 5.06. The molecular formula is C10H16O7. The molecule has 0 spiro atoms. The lowest BCUT2D eigenvalue weighted by Crippen LogP contribution is -2.28. The van der Waals surface area contributed by atoms with Gasteiger partial charge in [0.25, 0.3) is 0 Å². The van der Waals surface area contributed by atoms with Gasteiger partial charge in [0.05, 0.1) is 26.2 Å². The number of Topliss-reactive ketones (excluding diaryl/α,β-unsaturated/α-hetero) is 1. The summed E-state index contributed by atoms with van der Waals surface area (Å²) in [6.45, 7) is 1.13. The van der Waals surface area contributed by atoms with Crippen molar-refractivity contribution in [2.24, 2.45) is 5.92 Å². The number of carbonyl (C=O) groups excluding carboxylic acids is 2. The SMILES string of the molecule is CC(=O)C(CC(=O)O)C(=O)OCCOCCO. The lowest BCUT2D eigenvalue weighted by atomic mass is 10.0. The van der Waals surface area contributed by atoms with E-state index in [1.54, 1.807) is 0 Å². The second-order valence-electron chi connectivity index (χ2n) is 3.26. The van der Waals surface area contributed by atoms with Gasteiger partial charge in [-0.25, -0.2) is 0 Å². The van der Waals surface area contributed by atoms with Crippen LogP contribution < -0.4 is 0 Å². The van der Waals surface area contributed by atoms with Gasteiger partial charge in [-0.15, -0.1) is 0 Å². The van der Waals surface area contributed by atoms with Gasteiger partial charge < -0.3 is 19.7 Å². The summed E-state index contributed by atoms with van der Waals surface area (Å²) in [6.07, 6.45) is -0.578. The van der Waals surface area contributed by atoms with Gasteiger partial charge in [0, 0.05) is 0 Å². The van der Waals surface area contributed by atoms with Crippen LogP contribution in [0.4, 0.5) is 0 Å². The van der Waals surface area contributed by atoms with E-state index in [-0.39, 0.29) is 26.4 Å². The zero-order valence-electron chi connectivity index (χ0n) is 9.55. The lowest BCUT2D eigenvalue weighted by Gasteiger charge is -2.11. The lowest BCUT2D eigenvalue weighted by molar-refractivity contribution is -0.157. The third kappa shape index (κ3) is 7.42. The van der Waals surface area contributed by atoms with E-state index in [0.29, 0.717) is 0 Å². The van der Waals surface area contributed by atoms with Crippen LogP contribution >= 0.6 is 0 Å². The molecule has 0 aliphatic heterocycles. The van der Waals surface area contributed by atoms with E-state index in [1.807, 2.05) is 0 Å². The van der Waals surface area contributed by atoms with Crippen LogP contribution in [0.2, 0.25) is 0 Å². The number of hydrogen-bond donors (Lipinski definition) is 2. The highest BCUT2D eigenvalue weighted by molar-refractivity contribution is 6.00. The van der Waals surface area contributed by atoms with Crippen molar-refractivity contribution in [2.75, 3.05) is 26.4 Å². The summed E-state index contributed by atoms with van der Waals surface area (Å²) in [5.41, 5.74) is 0. The zero-order chi connectivity index (χ0) is 13.3. The Kier molecular flexibility index (Phi) is 7.91. The Hall–Kier alpha value is -1.47. The summed E-state index contributed by atoms with van der Waals surface area (Å²) < 4.78 is 9.51. The minimum absolute atomic E-state index is 0.0811. The molecule has 0 bridgehead atoms. The molecule has 0 saturated heterocycles. The van der Waals surface area contributed by atoms with Crippen molar-refractivity contribution in [2.45, 2.75) is 13.3 Å². The number of carboxylic acids is 1. The van der Waals surface area contributed by atoms with Crippen molar-refractivity contribution in [3.63, 3.8) is 0 Å². The van der Waals surface area contributed by atoms with E-state index in [0.717, 1.165) is 6.92 Å². The molecule has 2 N–H and O–H groups in total. The number of carboxylic acid groups (broad SMARTS) is 1. The zero-order valence-corrected chi connectivity index (χ0v) is 9.55. The molecule has 0 rings (SSSR count). The third-order valence-electron chi connectivity index (χ3n) is 1.86. The fourth-order valence-corrected chi connectivity index (χ4v) is 1.04. The number of carbonyl (C=O) groups is 3. The van der Waals surface area contributed by atoms with Gasteiger partial charge in [-0.1, -0.05) is 0 Å². The van der Waals surface area contributed by atoms with Crippen LogP contribution in [0.3, 0.4) is 0 Å². The van der Waals surface area contributed by atoms with Crippen LogP contribution in [0.5, 0.6) is 0 Å². The average molecular weight is 248 g/mol. The molecule has 7 heteroatoms. The highest BCUT2D eigenvalue weighted by Crippen LogP contribution is 2.07. The number of ketones is 1. The number of esters is 1. The maximum Gasteiger partial charge on any atom is 0.317 e. The second-order valence-corrected chi connectivity index (χ2v) is 3.26. The largest absolute Gasteiger partial charge is 0.481 e. The molecule has 1 atom stereocenters. The molecule has 98 valence electrons. The maximum atomic E-state index is 11.3. The molecule has 0 aromatic rings. The molecule has 0 aliphatic rings. The molecule has 0 radical (unpaired) electrons. The second kappa shape index (κ2) is 8.66. The first-order valence-electron chi connectivity index (χ1n) is 5.06. The normalized spacial score (nSPS) is 11.9. The third-order valence-corrected chi connectivity index (χ3v) is 1.86. The molecular weight excluding hydrogens is 232 g/mol. The van der Waals surface area contributed by atoms with Crippen molar-refractivity contribution < 1.29 is 34.1 Å². The smallest absolute Gasteiger partial charge is 0.317 e. The molecule has 0 aromatic heterocycles. The van der Waals surface area contributed by atoms with Gasteiger partial charge in [0.15, 0.2) is 0 Å². The van der Waals surface area contributed by atoms with E-state index in [9.17, 15) is 14.4 Å². The summed E-state index contributed by atoms with van der Waals surface area (Å²) in [5.74, 6) is -3.93. The van der Waals surface area contributed by atoms with Gasteiger partial charge in [-0.3, -0.25) is 14.4 Å². The monoisotopic (exact) mass is 248 g/mol. The number of aliphatic hydroxyl groups excluding tert-OH is 1. The number of rotatable bonds is 9. The molecule has 17 heavy (non-hydrogen) atoms. The Morgan fingerprint density at radius 1 is 1.18 bits per heavy atom. The van der Waals surface area contributed by atoms with Crippen LogP contribution in [0, 0.1) is 5.92 Å². The first-order chi connectivity index (χ1) is 7.99. The summed E-state index contributed by atoms with van der Waals surface area (Å²) in [4.78, 5) is 32.8. The van der Waals surface area contributed by atoms with Gasteiger partial charge in [0.1, 0.15) is 18.3 Å². The number of hydrogen-bond acceptors (Lipinski definition) is 6. The topological polar surface area (TPSA) is 110 Å². The summed E-state index contributed by atoms with van der Waals surface area (Å²) in [5, 5.41) is 16.9. The van der Waals surface area contributed by atoms with E-state index in [4.69, 9.17) is 14.9 Å². The Bertz CT molecular complexity index is 274. The Labute approximate surface area is 98.3 Å². The molecule has 0 fully saturated rings. The number of aliphatic hydroxyl groups is 1. The van der Waals surface area contributed by atoms with Crippen LogP contribution in [0.1, 0.15) is 13.3 Å². The molecule has 1 unspecified atom stereocenters. The van der Waals surface area contributed by atoms with E-state index < -0.39 is 30.1 Å². The predicted molar refractivity (Wildman–Crippen MR) is 55.3 cm³/mol. The highest BCUT2D eigenvalue weighted by atomic mass is 16.6. The highest BCUT2D eigenvalue weighted by Gasteiger charge is 2.27. The van der Waals surface area contributed by atoms with Crippen molar-refractivity contribution in [3.8, 4) is 0 Å². The minimum atomic E-state index is -1.27. The molecule has 0 aromatic carbocycles. The fourth-order valence-electron chi connectivity index (χ4n) is 1.04. The number of ether oxygens (including phenoxy) is 2. The number of aliphatic carboxylic acids is 1. The van der Waals surface area contributed by atoms with Gasteiger partial charge in [-0.05, 0) is 6.92 Å². The van der Waals surface area contributed by atoms with Crippen molar-refractivity contribution in [1.82, 2.24) is 0 Å². The fraction of sp³-hybridized carbons (Fsp3) is 0.700. The van der Waals surface area contributed by atoms with Crippen LogP contribution in [0.15, 0.2) is 0 Å². The molecule has 0 saturated carbocycles. The summed E-state index contributed by atoms with van der Waals surface area (Å²) >= 11 is 0. The van der Waals surface area contributed by atoms with Gasteiger partial charge >= 0.3 is 11.9 Å². The van der Waals surface area contributed by atoms with Crippen molar-refractivity contribution in [3.05, 3.63) is 0 Å². The summed E-state index contributed by atoms with van der Waals surface area (Å²) in [6, 6.07) is 0. The minimum Gasteiger partial charge on any atom is -0.481 e. The molecule has 0 amide bonds. The van der Waals surface area contributed by atoms with Crippen LogP contribution in [-0.2, 0) is 23.9 Å². The Morgan fingerprint density at radius 3 is 2.29 bits per heavy atom. The predicted octanol–water partition coefficient (Wildman–Crippen LogP) is -0.782. The van der Waals surface area contributed by atoms with Crippen molar-refractivity contribution in [1.29, 1.82) is 0 Å². The average Bonchev–Trinajstić information content (AvgIpc) is 2.24. The first kappa shape index (κ1) is 15.5. The van der Waals surface area contributed by atoms with Crippen molar-refractivity contribution >= 4 is 17.7 Å². The molecule has 0 heterocycles. The molecule has 0 aliphatic carbocycles. The van der Waals surface area contributed by atoms with E-state index in [2.05, 4.69) is 4.74 Å². The molecule has 7 nitrogen and oxygen atoms in total. The van der Waals surface area contributed by atoms with Gasteiger partial charge in [-0.2, -0.15) is 0 Å². The maximum absolute atomic E-state index is 11.3. The summed E-state index contributed by atoms with van der Waals surface area (Å²) in [7, 11) is 0. The Balaban J connectivity index is 3.98. The van der Waals surface area contributed by atoms with Gasteiger partial charge in [0.2, 0.25) is 0 Å². The van der Waals surface area contributed by atoms with E-state index in [1.165, 1.54) is 0 Å². The standard InChI is InChI=1S/C10H16O7/c1-7(12)8(6-9(13)14)10(15)17-5-4-16-3-2-11/h8,11H,2-6H2,1H3,(H,13,14). The quantitative estimate of drug-likeness (QED) is 0.313. The van der Waals surface area contributed by atoms with Crippen LogP contribution in [0.25, 0.3) is 0 Å². The Morgan fingerprint density at radius 2 is 1.82 bits per heavy atom.